The third kappa shape index (κ3) is 3.01. The predicted molar refractivity (Wildman–Crippen MR) is 56.6 cm³/mol. The molecule has 0 amide bonds. The lowest BCUT2D eigenvalue weighted by Crippen LogP contribution is -2.20. The van der Waals surface area contributed by atoms with Crippen molar-refractivity contribution in [1.82, 2.24) is 9.97 Å². The van der Waals surface area contributed by atoms with Gasteiger partial charge in [-0.15, -0.1) is 0 Å². The second-order valence-corrected chi connectivity index (χ2v) is 3.46. The van der Waals surface area contributed by atoms with Crippen molar-refractivity contribution >= 4 is 17.4 Å². The average Bonchev–Trinajstić information content (AvgIpc) is 2.12. The lowest BCUT2D eigenvalue weighted by molar-refractivity contribution is 0.689. The van der Waals surface area contributed by atoms with Gasteiger partial charge in [-0.3, -0.25) is 4.79 Å². The number of H-pyrrole nitrogens is 1. The number of halogens is 1. The minimum atomic E-state index is -0.343. The van der Waals surface area contributed by atoms with Crippen molar-refractivity contribution < 1.29 is 0 Å². The Kier molecular flexibility index (Phi) is 3.91. The van der Waals surface area contributed by atoms with E-state index in [-0.39, 0.29) is 16.6 Å². The first-order valence-electron chi connectivity index (χ1n) is 4.34. The van der Waals surface area contributed by atoms with Crippen LogP contribution in [0.3, 0.4) is 0 Å². The highest BCUT2D eigenvalue weighted by atomic mass is 35.5. The molecule has 1 heterocycles. The maximum atomic E-state index is 11.0. The van der Waals surface area contributed by atoms with Gasteiger partial charge in [0.15, 0.2) is 5.82 Å². The maximum absolute atomic E-state index is 11.0. The molecule has 14 heavy (non-hydrogen) atoms. The maximum Gasteiger partial charge on any atom is 0.271 e. The van der Waals surface area contributed by atoms with Crippen molar-refractivity contribution in [3.05, 3.63) is 21.7 Å². The number of rotatable bonds is 4. The van der Waals surface area contributed by atoms with Crippen molar-refractivity contribution in [1.29, 1.82) is 0 Å². The van der Waals surface area contributed by atoms with Crippen LogP contribution >= 0.6 is 11.6 Å². The number of hydrogen-bond acceptors (Lipinski definition) is 4. The summed E-state index contributed by atoms with van der Waals surface area (Å²) in [5.74, 6) is 0.399. The van der Waals surface area contributed by atoms with Crippen LogP contribution in [0.1, 0.15) is 13.3 Å². The molecule has 0 aliphatic heterocycles. The number of aromatic amines is 1. The molecule has 0 spiro atoms. The summed E-state index contributed by atoms with van der Waals surface area (Å²) < 4.78 is 0. The first kappa shape index (κ1) is 11.0. The Balaban J connectivity index is 2.59. The molecular weight excluding hydrogens is 204 g/mol. The minimum absolute atomic E-state index is 0.0807. The topological polar surface area (TPSA) is 83.8 Å². The zero-order valence-electron chi connectivity index (χ0n) is 7.88. The van der Waals surface area contributed by atoms with Crippen LogP contribution in [0.5, 0.6) is 0 Å². The van der Waals surface area contributed by atoms with E-state index in [9.17, 15) is 4.79 Å². The number of nitrogens with two attached hydrogens (primary N) is 1. The molecule has 1 rings (SSSR count). The Morgan fingerprint density at radius 1 is 1.79 bits per heavy atom. The highest BCUT2D eigenvalue weighted by molar-refractivity contribution is 6.32. The standard InChI is InChI=1S/C8H13ClN4O/c1-5(10)2-3-11-7-6(9)8(14)13-4-12-7/h4-5H,2-3,10H2,1H3,(H2,11,12,13,14). The third-order valence-corrected chi connectivity index (χ3v) is 2.04. The fourth-order valence-corrected chi connectivity index (χ4v) is 1.09. The normalized spacial score (nSPS) is 12.5. The summed E-state index contributed by atoms with van der Waals surface area (Å²) in [6.45, 7) is 2.56. The number of nitrogens with zero attached hydrogens (tertiary/aromatic N) is 1. The van der Waals surface area contributed by atoms with E-state index in [1.807, 2.05) is 6.92 Å². The number of aromatic nitrogens is 2. The quantitative estimate of drug-likeness (QED) is 0.687. The Hall–Kier alpha value is -1.07. The molecule has 1 aromatic heterocycles. The summed E-state index contributed by atoms with van der Waals surface area (Å²) in [6.07, 6.45) is 2.10. The van der Waals surface area contributed by atoms with E-state index in [0.717, 1.165) is 6.42 Å². The molecule has 1 atom stereocenters. The van der Waals surface area contributed by atoms with Crippen molar-refractivity contribution in [2.75, 3.05) is 11.9 Å². The molecular formula is C8H13ClN4O. The summed E-state index contributed by atoms with van der Waals surface area (Å²) in [7, 11) is 0. The van der Waals surface area contributed by atoms with E-state index in [1.54, 1.807) is 0 Å². The second-order valence-electron chi connectivity index (χ2n) is 3.09. The largest absolute Gasteiger partial charge is 0.369 e. The van der Waals surface area contributed by atoms with Crippen molar-refractivity contribution in [2.24, 2.45) is 5.73 Å². The van der Waals surface area contributed by atoms with Gasteiger partial charge in [0, 0.05) is 12.6 Å². The van der Waals surface area contributed by atoms with Gasteiger partial charge < -0.3 is 16.0 Å². The van der Waals surface area contributed by atoms with Crippen LogP contribution in [0.15, 0.2) is 11.1 Å². The molecule has 0 aliphatic rings. The lowest BCUT2D eigenvalue weighted by Gasteiger charge is -2.07. The molecule has 0 radical (unpaired) electrons. The third-order valence-electron chi connectivity index (χ3n) is 1.69. The number of nitrogens with one attached hydrogen (secondary N) is 2. The average molecular weight is 217 g/mol. The smallest absolute Gasteiger partial charge is 0.271 e. The lowest BCUT2D eigenvalue weighted by atomic mass is 10.2. The van der Waals surface area contributed by atoms with Crippen molar-refractivity contribution in [3.63, 3.8) is 0 Å². The molecule has 5 nitrogen and oxygen atoms in total. The van der Waals surface area contributed by atoms with Crippen molar-refractivity contribution in [2.45, 2.75) is 19.4 Å². The Labute approximate surface area is 86.7 Å². The first-order valence-corrected chi connectivity index (χ1v) is 4.71. The van der Waals surface area contributed by atoms with Gasteiger partial charge in [0.2, 0.25) is 0 Å². The molecule has 6 heteroatoms. The highest BCUT2D eigenvalue weighted by Crippen LogP contribution is 2.11. The van der Waals surface area contributed by atoms with Crippen LogP contribution < -0.4 is 16.6 Å². The highest BCUT2D eigenvalue weighted by Gasteiger charge is 2.04. The van der Waals surface area contributed by atoms with Crippen LogP contribution in [0.25, 0.3) is 0 Å². The van der Waals surface area contributed by atoms with Crippen LogP contribution in [0, 0.1) is 0 Å². The van der Waals surface area contributed by atoms with Gasteiger partial charge in [0.1, 0.15) is 5.02 Å². The molecule has 0 bridgehead atoms. The number of anilines is 1. The van der Waals surface area contributed by atoms with Gasteiger partial charge >= 0.3 is 0 Å². The van der Waals surface area contributed by atoms with Crippen molar-refractivity contribution in [3.8, 4) is 0 Å². The molecule has 0 fully saturated rings. The van der Waals surface area contributed by atoms with E-state index < -0.39 is 0 Å². The number of hydrogen-bond donors (Lipinski definition) is 3. The molecule has 0 aliphatic carbocycles. The zero-order valence-corrected chi connectivity index (χ0v) is 8.64. The summed E-state index contributed by atoms with van der Waals surface area (Å²) in [5, 5.41) is 3.02. The summed E-state index contributed by atoms with van der Waals surface area (Å²) in [6, 6.07) is 0.114. The van der Waals surface area contributed by atoms with Crippen LogP contribution in [-0.2, 0) is 0 Å². The minimum Gasteiger partial charge on any atom is -0.369 e. The molecule has 0 aromatic carbocycles. The van der Waals surface area contributed by atoms with Crippen LogP contribution in [0.4, 0.5) is 5.82 Å². The van der Waals surface area contributed by atoms with Gasteiger partial charge in [0.25, 0.3) is 5.56 Å². The zero-order chi connectivity index (χ0) is 10.6. The fourth-order valence-electron chi connectivity index (χ4n) is 0.925. The van der Waals surface area contributed by atoms with Gasteiger partial charge in [-0.1, -0.05) is 11.6 Å². The molecule has 78 valence electrons. The molecule has 4 N–H and O–H groups in total. The van der Waals surface area contributed by atoms with Gasteiger partial charge in [-0.25, -0.2) is 4.98 Å². The summed E-state index contributed by atoms with van der Waals surface area (Å²) in [4.78, 5) is 17.3. The fraction of sp³-hybridized carbons (Fsp3) is 0.500. The van der Waals surface area contributed by atoms with Gasteiger partial charge in [-0.05, 0) is 13.3 Å². The molecule has 1 unspecified atom stereocenters. The van der Waals surface area contributed by atoms with Gasteiger partial charge in [0.05, 0.1) is 6.33 Å². The SMILES string of the molecule is CC(N)CCNc1nc[nH]c(=O)c1Cl. The van der Waals surface area contributed by atoms with Crippen LogP contribution in [-0.4, -0.2) is 22.6 Å². The Morgan fingerprint density at radius 2 is 2.50 bits per heavy atom. The summed E-state index contributed by atoms with van der Waals surface area (Å²) in [5.41, 5.74) is 5.22. The van der Waals surface area contributed by atoms with E-state index in [1.165, 1.54) is 6.33 Å². The van der Waals surface area contributed by atoms with Crippen LogP contribution in [0.2, 0.25) is 5.02 Å². The van der Waals surface area contributed by atoms with E-state index in [2.05, 4.69) is 15.3 Å². The first-order chi connectivity index (χ1) is 6.61. The second kappa shape index (κ2) is 4.97. The Bertz CT molecular complexity index is 349. The predicted octanol–water partition coefficient (Wildman–Crippen LogP) is 0.573. The Morgan fingerprint density at radius 3 is 3.14 bits per heavy atom. The molecule has 0 saturated heterocycles. The molecule has 1 aromatic rings. The monoisotopic (exact) mass is 216 g/mol. The van der Waals surface area contributed by atoms with E-state index in [4.69, 9.17) is 17.3 Å². The molecule has 0 saturated carbocycles. The van der Waals surface area contributed by atoms with Gasteiger partial charge in [-0.2, -0.15) is 0 Å². The summed E-state index contributed by atoms with van der Waals surface area (Å²) >= 11 is 5.71. The van der Waals surface area contributed by atoms with E-state index in [0.29, 0.717) is 12.4 Å². The van der Waals surface area contributed by atoms with E-state index >= 15 is 0 Å².